The summed E-state index contributed by atoms with van der Waals surface area (Å²) in [5.41, 5.74) is 1.29. The number of benzene rings is 1. The van der Waals surface area contributed by atoms with Gasteiger partial charge in [0.15, 0.2) is 6.61 Å². The van der Waals surface area contributed by atoms with Crippen LogP contribution in [0.15, 0.2) is 28.8 Å². The molecular formula is C18H25N3O3. The second-order valence-electron chi connectivity index (χ2n) is 6.29. The second-order valence-corrected chi connectivity index (χ2v) is 6.29. The van der Waals surface area contributed by atoms with Crippen molar-refractivity contribution in [3.8, 4) is 5.75 Å². The maximum Gasteiger partial charge on any atom is 0.223 e. The largest absolute Gasteiger partial charge is 0.485 e. The topological polar surface area (TPSA) is 71.6 Å². The highest BCUT2D eigenvalue weighted by Gasteiger charge is 2.23. The molecule has 1 aromatic heterocycles. The van der Waals surface area contributed by atoms with Crippen molar-refractivity contribution in [2.45, 2.75) is 51.8 Å². The van der Waals surface area contributed by atoms with Crippen LogP contribution in [-0.2, 0) is 13.2 Å². The molecule has 24 heavy (non-hydrogen) atoms. The fourth-order valence-electron chi connectivity index (χ4n) is 3.23. The van der Waals surface area contributed by atoms with Crippen molar-refractivity contribution in [1.29, 1.82) is 0 Å². The van der Waals surface area contributed by atoms with Gasteiger partial charge in [0.1, 0.15) is 5.75 Å². The maximum absolute atomic E-state index is 9.02. The Hall–Kier alpha value is -1.92. The Balaban J connectivity index is 1.50. The molecule has 0 radical (unpaired) electrons. The summed E-state index contributed by atoms with van der Waals surface area (Å²) in [6, 6.07) is 8.80. The number of rotatable bonds is 8. The summed E-state index contributed by atoms with van der Waals surface area (Å²) in [6.45, 7) is 4.46. The van der Waals surface area contributed by atoms with Crippen LogP contribution in [0.4, 0.5) is 0 Å². The third kappa shape index (κ3) is 4.55. The zero-order valence-electron chi connectivity index (χ0n) is 14.1. The SMILES string of the molecule is Cc1nc(COc2ccc(CN3CCCC3CCCO)cc2)no1. The molecule has 130 valence electrons. The molecule has 2 aromatic rings. The third-order valence-electron chi connectivity index (χ3n) is 4.44. The van der Waals surface area contributed by atoms with Crippen molar-refractivity contribution in [2.24, 2.45) is 0 Å². The lowest BCUT2D eigenvalue weighted by atomic mass is 10.1. The van der Waals surface area contributed by atoms with Gasteiger partial charge in [0, 0.05) is 26.1 Å². The lowest BCUT2D eigenvalue weighted by Gasteiger charge is -2.24. The molecule has 1 atom stereocenters. The number of aromatic nitrogens is 2. The lowest BCUT2D eigenvalue weighted by Crippen LogP contribution is -2.29. The fourth-order valence-corrected chi connectivity index (χ4v) is 3.23. The van der Waals surface area contributed by atoms with Crippen LogP contribution in [0.3, 0.4) is 0 Å². The van der Waals surface area contributed by atoms with Gasteiger partial charge in [-0.3, -0.25) is 4.90 Å². The molecule has 6 heteroatoms. The number of aryl methyl sites for hydroxylation is 1. The first kappa shape index (κ1) is 16.9. The van der Waals surface area contributed by atoms with Crippen LogP contribution in [0, 0.1) is 6.92 Å². The number of likely N-dealkylation sites (tertiary alicyclic amines) is 1. The normalized spacial score (nSPS) is 18.2. The first-order valence-corrected chi connectivity index (χ1v) is 8.60. The quantitative estimate of drug-likeness (QED) is 0.802. The molecule has 3 rings (SSSR count). The zero-order valence-corrected chi connectivity index (χ0v) is 14.1. The maximum atomic E-state index is 9.02. The van der Waals surface area contributed by atoms with E-state index >= 15 is 0 Å². The van der Waals surface area contributed by atoms with Crippen molar-refractivity contribution in [3.05, 3.63) is 41.5 Å². The van der Waals surface area contributed by atoms with E-state index in [-0.39, 0.29) is 6.61 Å². The summed E-state index contributed by atoms with van der Waals surface area (Å²) in [5.74, 6) is 1.91. The number of aliphatic hydroxyl groups excluding tert-OH is 1. The van der Waals surface area contributed by atoms with Crippen LogP contribution >= 0.6 is 0 Å². The molecule has 0 saturated carbocycles. The van der Waals surface area contributed by atoms with Gasteiger partial charge in [0.25, 0.3) is 0 Å². The van der Waals surface area contributed by atoms with Crippen molar-refractivity contribution >= 4 is 0 Å². The van der Waals surface area contributed by atoms with Crippen molar-refractivity contribution in [3.63, 3.8) is 0 Å². The van der Waals surface area contributed by atoms with Crippen molar-refractivity contribution in [2.75, 3.05) is 13.2 Å². The monoisotopic (exact) mass is 331 g/mol. The minimum absolute atomic E-state index is 0.288. The predicted octanol–water partition coefficient (Wildman–Crippen LogP) is 2.69. The molecule has 0 spiro atoms. The Bertz CT molecular complexity index is 627. The highest BCUT2D eigenvalue weighted by atomic mass is 16.5. The lowest BCUT2D eigenvalue weighted by molar-refractivity contribution is 0.210. The standard InChI is InChI=1S/C18H25N3O3/c1-14-19-18(20-24-14)13-23-17-8-6-15(7-9-17)12-21-10-2-4-16(21)5-3-11-22/h6-9,16,22H,2-5,10-13H2,1H3. The Morgan fingerprint density at radius 1 is 1.33 bits per heavy atom. The third-order valence-corrected chi connectivity index (χ3v) is 4.44. The molecule has 1 fully saturated rings. The van der Waals surface area contributed by atoms with E-state index in [0.717, 1.165) is 31.7 Å². The van der Waals surface area contributed by atoms with Crippen LogP contribution in [-0.4, -0.2) is 39.3 Å². The van der Waals surface area contributed by atoms with E-state index in [1.807, 2.05) is 12.1 Å². The van der Waals surface area contributed by atoms with Gasteiger partial charge in [-0.25, -0.2) is 0 Å². The number of nitrogens with zero attached hydrogens (tertiary/aromatic N) is 3. The minimum Gasteiger partial charge on any atom is -0.485 e. The number of hydrogen-bond donors (Lipinski definition) is 1. The van der Waals surface area contributed by atoms with E-state index in [2.05, 4.69) is 27.2 Å². The van der Waals surface area contributed by atoms with E-state index in [9.17, 15) is 0 Å². The molecule has 1 saturated heterocycles. The Labute approximate surface area is 142 Å². The summed E-state index contributed by atoms with van der Waals surface area (Å²) in [4.78, 5) is 6.64. The Kier molecular flexibility index (Phi) is 5.82. The first-order chi connectivity index (χ1) is 11.7. The molecular weight excluding hydrogens is 306 g/mol. The summed E-state index contributed by atoms with van der Waals surface area (Å²) in [6.07, 6.45) is 4.47. The van der Waals surface area contributed by atoms with Crippen LogP contribution in [0.1, 0.15) is 43.0 Å². The summed E-state index contributed by atoms with van der Waals surface area (Å²) < 4.78 is 10.6. The van der Waals surface area contributed by atoms with Gasteiger partial charge >= 0.3 is 0 Å². The molecule has 6 nitrogen and oxygen atoms in total. The number of hydrogen-bond acceptors (Lipinski definition) is 6. The van der Waals surface area contributed by atoms with Gasteiger partial charge in [-0.15, -0.1) is 0 Å². The molecule has 1 N–H and O–H groups in total. The van der Waals surface area contributed by atoms with Gasteiger partial charge in [0.05, 0.1) is 0 Å². The number of ether oxygens (including phenoxy) is 1. The molecule has 0 aliphatic carbocycles. The van der Waals surface area contributed by atoms with Gasteiger partial charge in [-0.1, -0.05) is 17.3 Å². The molecule has 2 heterocycles. The Morgan fingerprint density at radius 3 is 2.88 bits per heavy atom. The van der Waals surface area contributed by atoms with E-state index in [4.69, 9.17) is 14.4 Å². The average Bonchev–Trinajstić information content (AvgIpc) is 3.21. The predicted molar refractivity (Wildman–Crippen MR) is 89.6 cm³/mol. The van der Waals surface area contributed by atoms with Crippen LogP contribution < -0.4 is 4.74 Å². The van der Waals surface area contributed by atoms with Crippen molar-refractivity contribution < 1.29 is 14.4 Å². The highest BCUT2D eigenvalue weighted by molar-refractivity contribution is 5.27. The average molecular weight is 331 g/mol. The molecule has 1 aliphatic heterocycles. The van der Waals surface area contributed by atoms with E-state index in [0.29, 0.717) is 24.4 Å². The minimum atomic E-state index is 0.288. The summed E-state index contributed by atoms with van der Waals surface area (Å²) in [7, 11) is 0. The van der Waals surface area contributed by atoms with Gasteiger partial charge in [-0.05, 0) is 49.9 Å². The molecule has 1 unspecified atom stereocenters. The molecule has 0 amide bonds. The van der Waals surface area contributed by atoms with Gasteiger partial charge < -0.3 is 14.4 Å². The first-order valence-electron chi connectivity index (χ1n) is 8.60. The van der Waals surface area contributed by atoms with Crippen LogP contribution in [0.2, 0.25) is 0 Å². The fraction of sp³-hybridized carbons (Fsp3) is 0.556. The van der Waals surface area contributed by atoms with Gasteiger partial charge in [0.2, 0.25) is 11.7 Å². The summed E-state index contributed by atoms with van der Waals surface area (Å²) >= 11 is 0. The van der Waals surface area contributed by atoms with Crippen LogP contribution in [0.5, 0.6) is 5.75 Å². The van der Waals surface area contributed by atoms with E-state index in [1.54, 1.807) is 6.92 Å². The van der Waals surface area contributed by atoms with Gasteiger partial charge in [-0.2, -0.15) is 4.98 Å². The highest BCUT2D eigenvalue weighted by Crippen LogP contribution is 2.24. The zero-order chi connectivity index (χ0) is 16.8. The number of aliphatic hydroxyl groups is 1. The second kappa shape index (κ2) is 8.26. The summed E-state index contributed by atoms with van der Waals surface area (Å²) in [5, 5.41) is 12.8. The smallest absolute Gasteiger partial charge is 0.223 e. The van der Waals surface area contributed by atoms with E-state index in [1.165, 1.54) is 18.4 Å². The molecule has 1 aliphatic rings. The Morgan fingerprint density at radius 2 is 2.17 bits per heavy atom. The molecule has 1 aromatic carbocycles. The van der Waals surface area contributed by atoms with Crippen molar-refractivity contribution in [1.82, 2.24) is 15.0 Å². The van der Waals surface area contributed by atoms with E-state index < -0.39 is 0 Å². The molecule has 0 bridgehead atoms. The van der Waals surface area contributed by atoms with Crippen LogP contribution in [0.25, 0.3) is 0 Å².